The molecule has 24 heavy (non-hydrogen) atoms. The van der Waals surface area contributed by atoms with Gasteiger partial charge in [-0.05, 0) is 26.3 Å². The molecule has 6 heteroatoms. The fraction of sp³-hybridized carbons (Fsp3) is 0.278. The average Bonchev–Trinajstić information content (AvgIpc) is 2.97. The molecule has 0 fully saturated rings. The molecule has 0 spiro atoms. The van der Waals surface area contributed by atoms with E-state index in [0.29, 0.717) is 23.3 Å². The minimum atomic E-state index is -0.495. The number of fused-ring (bicyclic) bond motifs is 1. The standard InChI is InChI=1S/C18H19N3O3/c1-4-24-18(23)15-10-19-21-16(15)20-12(3)14(17(21)22)9-13-7-5-11(2)6-8-13/h5-8,10,22H,4,9H2,1-3H3. The normalized spacial score (nSPS) is 11.0. The Bertz CT molecular complexity index is 898. The highest BCUT2D eigenvalue weighted by molar-refractivity contribution is 5.95. The summed E-state index contributed by atoms with van der Waals surface area (Å²) in [6.45, 7) is 5.85. The lowest BCUT2D eigenvalue weighted by Gasteiger charge is -2.10. The quantitative estimate of drug-likeness (QED) is 0.746. The first-order chi connectivity index (χ1) is 11.5. The number of hydrogen-bond acceptors (Lipinski definition) is 5. The van der Waals surface area contributed by atoms with Crippen LogP contribution in [0.3, 0.4) is 0 Å². The summed E-state index contributed by atoms with van der Waals surface area (Å²) in [5.74, 6) is -0.501. The molecule has 0 aliphatic carbocycles. The van der Waals surface area contributed by atoms with Gasteiger partial charge in [0.1, 0.15) is 5.56 Å². The predicted octanol–water partition coefficient (Wildman–Crippen LogP) is 2.82. The van der Waals surface area contributed by atoms with Gasteiger partial charge in [0, 0.05) is 17.7 Å². The van der Waals surface area contributed by atoms with Crippen LogP contribution in [0.4, 0.5) is 0 Å². The van der Waals surface area contributed by atoms with Crippen molar-refractivity contribution < 1.29 is 14.6 Å². The van der Waals surface area contributed by atoms with Crippen LogP contribution < -0.4 is 0 Å². The maximum absolute atomic E-state index is 12.0. The van der Waals surface area contributed by atoms with Crippen molar-refractivity contribution in [2.24, 2.45) is 0 Å². The highest BCUT2D eigenvalue weighted by Gasteiger charge is 2.20. The molecule has 0 bridgehead atoms. The van der Waals surface area contributed by atoms with Crippen molar-refractivity contribution in [2.45, 2.75) is 27.2 Å². The third kappa shape index (κ3) is 2.82. The number of aryl methyl sites for hydroxylation is 2. The molecular formula is C18H19N3O3. The Balaban J connectivity index is 2.04. The molecule has 0 radical (unpaired) electrons. The molecule has 0 unspecified atom stereocenters. The van der Waals surface area contributed by atoms with Crippen molar-refractivity contribution >= 4 is 11.6 Å². The zero-order chi connectivity index (χ0) is 17.3. The van der Waals surface area contributed by atoms with Gasteiger partial charge >= 0.3 is 5.97 Å². The summed E-state index contributed by atoms with van der Waals surface area (Å²) >= 11 is 0. The number of aromatic hydroxyl groups is 1. The van der Waals surface area contributed by atoms with Crippen LogP contribution >= 0.6 is 0 Å². The fourth-order valence-electron chi connectivity index (χ4n) is 2.59. The molecule has 3 aromatic rings. The lowest BCUT2D eigenvalue weighted by Crippen LogP contribution is -2.07. The number of aromatic nitrogens is 3. The van der Waals surface area contributed by atoms with Gasteiger partial charge in [-0.25, -0.2) is 9.78 Å². The first-order valence-corrected chi connectivity index (χ1v) is 7.80. The maximum atomic E-state index is 12.0. The first kappa shape index (κ1) is 16.0. The smallest absolute Gasteiger partial charge is 0.343 e. The van der Waals surface area contributed by atoms with Crippen LogP contribution in [0.1, 0.15) is 39.7 Å². The van der Waals surface area contributed by atoms with Gasteiger partial charge in [0.25, 0.3) is 0 Å². The second-order valence-electron chi connectivity index (χ2n) is 5.68. The number of rotatable bonds is 4. The predicted molar refractivity (Wildman–Crippen MR) is 89.3 cm³/mol. The van der Waals surface area contributed by atoms with E-state index in [4.69, 9.17) is 4.74 Å². The Labute approximate surface area is 139 Å². The van der Waals surface area contributed by atoms with Crippen LogP contribution in [0.2, 0.25) is 0 Å². The highest BCUT2D eigenvalue weighted by atomic mass is 16.5. The molecule has 1 aromatic carbocycles. The molecule has 0 amide bonds. The van der Waals surface area contributed by atoms with Crippen molar-refractivity contribution in [3.63, 3.8) is 0 Å². The summed E-state index contributed by atoms with van der Waals surface area (Å²) in [7, 11) is 0. The monoisotopic (exact) mass is 325 g/mol. The van der Waals surface area contributed by atoms with Crippen LogP contribution in [0.25, 0.3) is 5.65 Å². The number of hydrogen-bond donors (Lipinski definition) is 1. The minimum Gasteiger partial charge on any atom is -0.493 e. The van der Waals surface area contributed by atoms with Gasteiger partial charge in [-0.1, -0.05) is 29.8 Å². The first-order valence-electron chi connectivity index (χ1n) is 7.80. The van der Waals surface area contributed by atoms with Crippen molar-refractivity contribution in [1.82, 2.24) is 14.6 Å². The van der Waals surface area contributed by atoms with Gasteiger partial charge < -0.3 is 9.84 Å². The molecule has 6 nitrogen and oxygen atoms in total. The van der Waals surface area contributed by atoms with Crippen molar-refractivity contribution in [1.29, 1.82) is 0 Å². The maximum Gasteiger partial charge on any atom is 0.343 e. The van der Waals surface area contributed by atoms with Crippen molar-refractivity contribution in [3.05, 3.63) is 58.4 Å². The molecule has 1 N–H and O–H groups in total. The van der Waals surface area contributed by atoms with E-state index in [2.05, 4.69) is 10.1 Å². The van der Waals surface area contributed by atoms with E-state index in [0.717, 1.165) is 5.56 Å². The largest absolute Gasteiger partial charge is 0.493 e. The fourth-order valence-corrected chi connectivity index (χ4v) is 2.59. The van der Waals surface area contributed by atoms with Gasteiger partial charge in [0.05, 0.1) is 12.8 Å². The summed E-state index contributed by atoms with van der Waals surface area (Å²) in [5.41, 5.74) is 4.14. The van der Waals surface area contributed by atoms with E-state index < -0.39 is 5.97 Å². The summed E-state index contributed by atoms with van der Waals surface area (Å²) in [6.07, 6.45) is 1.91. The van der Waals surface area contributed by atoms with E-state index in [9.17, 15) is 9.90 Å². The third-order valence-corrected chi connectivity index (χ3v) is 3.92. The Kier molecular flexibility index (Phi) is 4.20. The van der Waals surface area contributed by atoms with Crippen LogP contribution in [0.5, 0.6) is 5.88 Å². The lowest BCUT2D eigenvalue weighted by molar-refractivity contribution is 0.0528. The number of benzene rings is 1. The van der Waals surface area contributed by atoms with E-state index in [1.54, 1.807) is 6.92 Å². The van der Waals surface area contributed by atoms with Crippen LogP contribution in [-0.2, 0) is 11.2 Å². The SMILES string of the molecule is CCOC(=O)c1cnn2c(O)c(Cc3ccc(C)cc3)c(C)nc12. The Morgan fingerprint density at radius 3 is 2.62 bits per heavy atom. The van der Waals surface area contributed by atoms with Crippen LogP contribution in [0, 0.1) is 13.8 Å². The molecule has 0 aliphatic heterocycles. The summed E-state index contributed by atoms with van der Waals surface area (Å²) in [4.78, 5) is 16.4. The van der Waals surface area contributed by atoms with Crippen molar-refractivity contribution in [2.75, 3.05) is 6.61 Å². The van der Waals surface area contributed by atoms with Gasteiger partial charge in [-0.3, -0.25) is 0 Å². The van der Waals surface area contributed by atoms with E-state index in [1.807, 2.05) is 38.1 Å². The Hall–Kier alpha value is -2.89. The Morgan fingerprint density at radius 2 is 1.96 bits per heavy atom. The van der Waals surface area contributed by atoms with Gasteiger partial charge in [0.2, 0.25) is 5.88 Å². The molecule has 0 atom stereocenters. The molecule has 0 aliphatic rings. The van der Waals surface area contributed by atoms with Crippen LogP contribution in [0.15, 0.2) is 30.5 Å². The van der Waals surface area contributed by atoms with Gasteiger partial charge in [-0.2, -0.15) is 9.61 Å². The molecule has 2 heterocycles. The van der Waals surface area contributed by atoms with Gasteiger partial charge in [0.15, 0.2) is 5.65 Å². The topological polar surface area (TPSA) is 76.7 Å². The number of nitrogens with zero attached hydrogens (tertiary/aromatic N) is 3. The average molecular weight is 325 g/mol. The summed E-state index contributed by atoms with van der Waals surface area (Å²) in [6, 6.07) is 8.10. The second-order valence-corrected chi connectivity index (χ2v) is 5.68. The van der Waals surface area contributed by atoms with E-state index in [1.165, 1.54) is 16.3 Å². The molecule has 0 saturated heterocycles. The zero-order valence-electron chi connectivity index (χ0n) is 13.9. The summed E-state index contributed by atoms with van der Waals surface area (Å²) < 4.78 is 6.28. The number of carbonyl (C=O) groups is 1. The number of esters is 1. The third-order valence-electron chi connectivity index (χ3n) is 3.92. The van der Waals surface area contributed by atoms with Crippen LogP contribution in [-0.4, -0.2) is 32.3 Å². The zero-order valence-corrected chi connectivity index (χ0v) is 13.9. The molecule has 2 aromatic heterocycles. The minimum absolute atomic E-state index is 0.00590. The number of carbonyl (C=O) groups excluding carboxylic acids is 1. The van der Waals surface area contributed by atoms with E-state index in [-0.39, 0.29) is 18.1 Å². The van der Waals surface area contributed by atoms with Crippen molar-refractivity contribution in [3.8, 4) is 5.88 Å². The second kappa shape index (κ2) is 6.31. The molecule has 3 rings (SSSR count). The molecular weight excluding hydrogens is 306 g/mol. The highest BCUT2D eigenvalue weighted by Crippen LogP contribution is 2.25. The summed E-state index contributed by atoms with van der Waals surface area (Å²) in [5, 5.41) is 14.7. The van der Waals surface area contributed by atoms with Gasteiger partial charge in [-0.15, -0.1) is 0 Å². The number of ether oxygens (including phenoxy) is 1. The molecule has 0 saturated carbocycles. The molecule has 124 valence electrons. The van der Waals surface area contributed by atoms with E-state index >= 15 is 0 Å². The Morgan fingerprint density at radius 1 is 1.25 bits per heavy atom. The lowest BCUT2D eigenvalue weighted by atomic mass is 10.0.